The molecule has 1 heterocycles. The van der Waals surface area contributed by atoms with Crippen molar-refractivity contribution in [3.05, 3.63) is 23.4 Å². The fourth-order valence-electron chi connectivity index (χ4n) is 1.15. The molecule has 0 radical (unpaired) electrons. The molecular weight excluding hydrogens is 160 g/mol. The van der Waals surface area contributed by atoms with Crippen LogP contribution in [-0.4, -0.2) is 11.5 Å². The molecule has 0 amide bonds. The first-order valence-electron chi connectivity index (χ1n) is 4.34. The SMILES string of the molecule is C#CCCNc1ncc(C)cc1C. The Morgan fingerprint density at radius 3 is 2.92 bits per heavy atom. The van der Waals surface area contributed by atoms with Crippen LogP contribution >= 0.6 is 0 Å². The Labute approximate surface area is 79.4 Å². The largest absolute Gasteiger partial charge is 0.369 e. The van der Waals surface area contributed by atoms with Crippen LogP contribution in [0.25, 0.3) is 0 Å². The van der Waals surface area contributed by atoms with Crippen LogP contribution in [0.4, 0.5) is 5.82 Å². The van der Waals surface area contributed by atoms with E-state index in [1.807, 2.05) is 20.0 Å². The van der Waals surface area contributed by atoms with Crippen molar-refractivity contribution in [2.75, 3.05) is 11.9 Å². The molecule has 0 aromatic carbocycles. The van der Waals surface area contributed by atoms with Crippen molar-refractivity contribution in [2.45, 2.75) is 20.3 Å². The van der Waals surface area contributed by atoms with Crippen molar-refractivity contribution in [2.24, 2.45) is 0 Å². The molecule has 0 bridgehead atoms. The van der Waals surface area contributed by atoms with Gasteiger partial charge in [0.2, 0.25) is 0 Å². The standard InChI is InChI=1S/C11H14N2/c1-4-5-6-12-11-10(3)7-9(2)8-13-11/h1,7-8H,5-6H2,2-3H3,(H,12,13). The molecule has 0 unspecified atom stereocenters. The number of aryl methyl sites for hydroxylation is 2. The van der Waals surface area contributed by atoms with Gasteiger partial charge in [-0.3, -0.25) is 0 Å². The first-order valence-corrected chi connectivity index (χ1v) is 4.34. The van der Waals surface area contributed by atoms with Crippen molar-refractivity contribution in [1.82, 2.24) is 4.98 Å². The van der Waals surface area contributed by atoms with Gasteiger partial charge >= 0.3 is 0 Å². The Bertz CT molecular complexity index is 323. The van der Waals surface area contributed by atoms with Crippen molar-refractivity contribution in [3.63, 3.8) is 0 Å². The lowest BCUT2D eigenvalue weighted by atomic mass is 10.2. The molecule has 0 aliphatic carbocycles. The van der Waals surface area contributed by atoms with E-state index in [1.165, 1.54) is 5.56 Å². The number of terminal acetylenes is 1. The highest BCUT2D eigenvalue weighted by Gasteiger charge is 1.97. The minimum atomic E-state index is 0.731. The van der Waals surface area contributed by atoms with Gasteiger partial charge in [-0.2, -0.15) is 0 Å². The molecule has 0 aliphatic rings. The summed E-state index contributed by atoms with van der Waals surface area (Å²) in [6.45, 7) is 4.86. The molecule has 2 heteroatoms. The molecule has 68 valence electrons. The second-order valence-electron chi connectivity index (χ2n) is 3.06. The van der Waals surface area contributed by atoms with E-state index in [-0.39, 0.29) is 0 Å². The summed E-state index contributed by atoms with van der Waals surface area (Å²) in [6, 6.07) is 2.10. The third kappa shape index (κ3) is 2.79. The maximum atomic E-state index is 5.14. The number of hydrogen-bond acceptors (Lipinski definition) is 2. The Morgan fingerprint density at radius 2 is 2.31 bits per heavy atom. The second kappa shape index (κ2) is 4.51. The predicted molar refractivity (Wildman–Crippen MR) is 55.7 cm³/mol. The van der Waals surface area contributed by atoms with Crippen LogP contribution in [0.1, 0.15) is 17.5 Å². The van der Waals surface area contributed by atoms with Gasteiger partial charge in [0, 0.05) is 19.2 Å². The highest BCUT2D eigenvalue weighted by Crippen LogP contribution is 2.11. The van der Waals surface area contributed by atoms with Crippen molar-refractivity contribution in [1.29, 1.82) is 0 Å². The van der Waals surface area contributed by atoms with E-state index in [0.717, 1.165) is 24.3 Å². The summed E-state index contributed by atoms with van der Waals surface area (Å²) in [6.07, 6.45) is 7.73. The molecule has 2 nitrogen and oxygen atoms in total. The van der Waals surface area contributed by atoms with Crippen molar-refractivity contribution >= 4 is 5.82 Å². The molecule has 1 rings (SSSR count). The lowest BCUT2D eigenvalue weighted by Gasteiger charge is -2.06. The highest BCUT2D eigenvalue weighted by molar-refractivity contribution is 5.44. The molecule has 1 aromatic rings. The minimum Gasteiger partial charge on any atom is -0.369 e. The summed E-state index contributed by atoms with van der Waals surface area (Å²) in [7, 11) is 0. The third-order valence-corrected chi connectivity index (χ3v) is 1.78. The van der Waals surface area contributed by atoms with Crippen LogP contribution in [-0.2, 0) is 0 Å². The van der Waals surface area contributed by atoms with Crippen LogP contribution in [0, 0.1) is 26.2 Å². The first-order chi connectivity index (χ1) is 6.24. The lowest BCUT2D eigenvalue weighted by Crippen LogP contribution is -2.04. The lowest BCUT2D eigenvalue weighted by molar-refractivity contribution is 1.06. The van der Waals surface area contributed by atoms with E-state index in [4.69, 9.17) is 6.42 Å². The maximum absolute atomic E-state index is 5.14. The van der Waals surface area contributed by atoms with Crippen molar-refractivity contribution < 1.29 is 0 Å². The molecule has 0 saturated heterocycles. The van der Waals surface area contributed by atoms with E-state index in [9.17, 15) is 0 Å². The first kappa shape index (κ1) is 9.60. The smallest absolute Gasteiger partial charge is 0.128 e. The summed E-state index contributed by atoms with van der Waals surface area (Å²) in [4.78, 5) is 4.27. The molecule has 1 N–H and O–H groups in total. The van der Waals surface area contributed by atoms with E-state index in [2.05, 4.69) is 22.3 Å². The summed E-state index contributed by atoms with van der Waals surface area (Å²) in [5.41, 5.74) is 2.34. The number of aromatic nitrogens is 1. The third-order valence-electron chi connectivity index (χ3n) is 1.78. The van der Waals surface area contributed by atoms with E-state index < -0.39 is 0 Å². The van der Waals surface area contributed by atoms with Crippen LogP contribution < -0.4 is 5.32 Å². The summed E-state index contributed by atoms with van der Waals surface area (Å²) < 4.78 is 0. The quantitative estimate of drug-likeness (QED) is 0.561. The summed E-state index contributed by atoms with van der Waals surface area (Å²) >= 11 is 0. The number of pyridine rings is 1. The number of nitrogens with one attached hydrogen (secondary N) is 1. The zero-order chi connectivity index (χ0) is 9.68. The molecule has 0 saturated carbocycles. The Morgan fingerprint density at radius 1 is 1.54 bits per heavy atom. The molecule has 0 spiro atoms. The average Bonchev–Trinajstić information content (AvgIpc) is 2.09. The number of hydrogen-bond donors (Lipinski definition) is 1. The van der Waals surface area contributed by atoms with Gasteiger partial charge < -0.3 is 5.32 Å². The highest BCUT2D eigenvalue weighted by atomic mass is 15.0. The van der Waals surface area contributed by atoms with E-state index in [0.29, 0.717) is 0 Å². The van der Waals surface area contributed by atoms with E-state index in [1.54, 1.807) is 0 Å². The second-order valence-corrected chi connectivity index (χ2v) is 3.06. The van der Waals surface area contributed by atoms with Gasteiger partial charge in [0.25, 0.3) is 0 Å². The molecule has 0 fully saturated rings. The molecule has 1 aromatic heterocycles. The monoisotopic (exact) mass is 174 g/mol. The van der Waals surface area contributed by atoms with Crippen molar-refractivity contribution in [3.8, 4) is 12.3 Å². The van der Waals surface area contributed by atoms with Gasteiger partial charge in [-0.1, -0.05) is 6.07 Å². The zero-order valence-corrected chi connectivity index (χ0v) is 8.09. The van der Waals surface area contributed by atoms with Gasteiger partial charge in [-0.15, -0.1) is 12.3 Å². The molecule has 0 atom stereocenters. The van der Waals surface area contributed by atoms with Gasteiger partial charge in [-0.25, -0.2) is 4.98 Å². The number of rotatable bonds is 3. The Balaban J connectivity index is 2.62. The fourth-order valence-corrected chi connectivity index (χ4v) is 1.15. The van der Waals surface area contributed by atoms with Gasteiger partial charge in [0.05, 0.1) is 0 Å². The minimum absolute atomic E-state index is 0.731. The number of nitrogens with zero attached hydrogens (tertiary/aromatic N) is 1. The molecule has 13 heavy (non-hydrogen) atoms. The fraction of sp³-hybridized carbons (Fsp3) is 0.364. The number of anilines is 1. The van der Waals surface area contributed by atoms with Gasteiger partial charge in [-0.05, 0) is 25.0 Å². The summed E-state index contributed by atoms with van der Waals surface area (Å²) in [5, 5.41) is 3.19. The van der Waals surface area contributed by atoms with E-state index >= 15 is 0 Å². The van der Waals surface area contributed by atoms with Gasteiger partial charge in [0.1, 0.15) is 5.82 Å². The van der Waals surface area contributed by atoms with Crippen LogP contribution in [0.15, 0.2) is 12.3 Å². The van der Waals surface area contributed by atoms with Crippen LogP contribution in [0.5, 0.6) is 0 Å². The Kier molecular flexibility index (Phi) is 3.33. The van der Waals surface area contributed by atoms with Crippen LogP contribution in [0.2, 0.25) is 0 Å². The summed E-state index contributed by atoms with van der Waals surface area (Å²) in [5.74, 6) is 3.51. The van der Waals surface area contributed by atoms with Crippen LogP contribution in [0.3, 0.4) is 0 Å². The molecular formula is C11H14N2. The predicted octanol–water partition coefficient (Wildman–Crippen LogP) is 2.13. The zero-order valence-electron chi connectivity index (χ0n) is 8.09. The normalized spacial score (nSPS) is 9.31. The molecule has 0 aliphatic heterocycles. The average molecular weight is 174 g/mol. The maximum Gasteiger partial charge on any atom is 0.128 e. The Hall–Kier alpha value is -1.49. The topological polar surface area (TPSA) is 24.9 Å². The van der Waals surface area contributed by atoms with Gasteiger partial charge in [0.15, 0.2) is 0 Å².